The summed E-state index contributed by atoms with van der Waals surface area (Å²) in [5.41, 5.74) is 1.96. The maximum absolute atomic E-state index is 6.31. The van der Waals surface area contributed by atoms with Crippen LogP contribution in [0.3, 0.4) is 0 Å². The molecule has 3 rings (SSSR count). The quantitative estimate of drug-likeness (QED) is 0.568. The lowest BCUT2D eigenvalue weighted by Gasteiger charge is -2.17. The normalized spacial score (nSPS) is 14.6. The monoisotopic (exact) mass is 324 g/mol. The molecule has 0 aliphatic rings. The molecule has 104 valence electrons. The number of aromatic nitrogens is 2. The molecule has 0 fully saturated rings. The number of thiophene rings is 1. The summed E-state index contributed by atoms with van der Waals surface area (Å²) in [5.74, 6) is 0.879. The first-order valence-electron chi connectivity index (χ1n) is 6.43. The van der Waals surface area contributed by atoms with E-state index in [0.29, 0.717) is 5.02 Å². The number of hydrogen-bond donors (Lipinski definition) is 0. The molecule has 0 aliphatic carbocycles. The van der Waals surface area contributed by atoms with Gasteiger partial charge in [-0.15, -0.1) is 22.9 Å². The topological polar surface area (TPSA) is 17.8 Å². The number of fused-ring (bicyclic) bond motifs is 1. The number of imidazole rings is 1. The maximum Gasteiger partial charge on any atom is 0.128 e. The van der Waals surface area contributed by atoms with Crippen molar-refractivity contribution in [2.75, 3.05) is 0 Å². The summed E-state index contributed by atoms with van der Waals surface area (Å²) in [6.07, 6.45) is 0. The molecule has 2 nitrogen and oxygen atoms in total. The Morgan fingerprint density at radius 3 is 2.70 bits per heavy atom. The molecular formula is C15H14Cl2N2S. The largest absolute Gasteiger partial charge is 0.319 e. The minimum atomic E-state index is -0.149. The number of alkyl halides is 1. The van der Waals surface area contributed by atoms with Gasteiger partial charge in [-0.05, 0) is 43.5 Å². The van der Waals surface area contributed by atoms with E-state index >= 15 is 0 Å². The Morgan fingerprint density at radius 2 is 2.05 bits per heavy atom. The summed E-state index contributed by atoms with van der Waals surface area (Å²) < 4.78 is 2.19. The highest BCUT2D eigenvalue weighted by Crippen LogP contribution is 2.33. The summed E-state index contributed by atoms with van der Waals surface area (Å²) in [5, 5.41) is 2.65. The number of halogens is 2. The Hall–Kier alpha value is -1.03. The average molecular weight is 325 g/mol. The molecule has 0 radical (unpaired) electrons. The smallest absolute Gasteiger partial charge is 0.128 e. The Morgan fingerprint density at radius 1 is 1.25 bits per heavy atom. The number of benzene rings is 1. The highest BCUT2D eigenvalue weighted by atomic mass is 35.5. The van der Waals surface area contributed by atoms with Crippen LogP contribution in [0.25, 0.3) is 11.0 Å². The maximum atomic E-state index is 6.31. The van der Waals surface area contributed by atoms with Crippen LogP contribution in [0.2, 0.25) is 5.02 Å². The zero-order valence-corrected chi connectivity index (χ0v) is 13.5. The van der Waals surface area contributed by atoms with Crippen LogP contribution in [0, 0.1) is 0 Å². The van der Waals surface area contributed by atoms with E-state index in [-0.39, 0.29) is 11.4 Å². The molecule has 0 saturated carbocycles. The standard InChI is InChI=1S/C15H14Cl2N2S/c1-9(16)15-18-12-6-5-11(17)8-13(12)19(15)10(2)14-4-3-7-20-14/h3-10H,1-2H3. The van der Waals surface area contributed by atoms with Crippen LogP contribution in [0.15, 0.2) is 35.7 Å². The highest BCUT2D eigenvalue weighted by molar-refractivity contribution is 7.10. The molecule has 5 heteroatoms. The molecule has 0 amide bonds. The molecule has 0 aliphatic heterocycles. The summed E-state index contributed by atoms with van der Waals surface area (Å²) in [6.45, 7) is 4.11. The summed E-state index contributed by atoms with van der Waals surface area (Å²) in [4.78, 5) is 5.94. The third-order valence-electron chi connectivity index (χ3n) is 3.38. The van der Waals surface area contributed by atoms with Crippen LogP contribution in [0.1, 0.15) is 36.0 Å². The average Bonchev–Trinajstić information content (AvgIpc) is 3.04. The molecule has 0 bridgehead atoms. The van der Waals surface area contributed by atoms with E-state index in [1.807, 2.05) is 25.1 Å². The number of rotatable bonds is 3. The lowest BCUT2D eigenvalue weighted by atomic mass is 10.2. The second kappa shape index (κ2) is 5.40. The van der Waals surface area contributed by atoms with Crippen LogP contribution < -0.4 is 0 Å². The van der Waals surface area contributed by atoms with Gasteiger partial charge in [0.15, 0.2) is 0 Å². The molecule has 20 heavy (non-hydrogen) atoms. The van der Waals surface area contributed by atoms with E-state index in [2.05, 4.69) is 34.0 Å². The molecule has 3 aromatic rings. The predicted octanol–water partition coefficient (Wildman–Crippen LogP) is 5.66. The van der Waals surface area contributed by atoms with Crippen LogP contribution in [0.5, 0.6) is 0 Å². The number of nitrogens with zero attached hydrogens (tertiary/aromatic N) is 2. The minimum absolute atomic E-state index is 0.149. The van der Waals surface area contributed by atoms with E-state index in [1.54, 1.807) is 11.3 Å². The van der Waals surface area contributed by atoms with Crippen molar-refractivity contribution in [3.05, 3.63) is 51.4 Å². The van der Waals surface area contributed by atoms with Gasteiger partial charge in [0, 0.05) is 9.90 Å². The van der Waals surface area contributed by atoms with Crippen LogP contribution in [0.4, 0.5) is 0 Å². The Balaban J connectivity index is 2.25. The third kappa shape index (κ3) is 2.34. The first kappa shape index (κ1) is 13.9. The van der Waals surface area contributed by atoms with E-state index < -0.39 is 0 Å². The number of hydrogen-bond acceptors (Lipinski definition) is 2. The van der Waals surface area contributed by atoms with Crippen molar-refractivity contribution < 1.29 is 0 Å². The molecule has 2 unspecified atom stereocenters. The molecule has 1 aromatic carbocycles. The molecular weight excluding hydrogens is 311 g/mol. The Kier molecular flexibility index (Phi) is 3.76. The van der Waals surface area contributed by atoms with Gasteiger partial charge >= 0.3 is 0 Å². The molecule has 0 N–H and O–H groups in total. The molecule has 2 heterocycles. The lowest BCUT2D eigenvalue weighted by molar-refractivity contribution is 0.628. The van der Waals surface area contributed by atoms with Gasteiger partial charge in [-0.3, -0.25) is 0 Å². The fraction of sp³-hybridized carbons (Fsp3) is 0.267. The minimum Gasteiger partial charge on any atom is -0.319 e. The fourth-order valence-corrected chi connectivity index (χ4v) is 3.52. The summed E-state index contributed by atoms with van der Waals surface area (Å²) in [7, 11) is 0. The Labute approximate surface area is 132 Å². The lowest BCUT2D eigenvalue weighted by Crippen LogP contribution is -2.10. The van der Waals surface area contributed by atoms with Crippen molar-refractivity contribution in [2.45, 2.75) is 25.3 Å². The third-order valence-corrected chi connectivity index (χ3v) is 4.85. The van der Waals surface area contributed by atoms with Gasteiger partial charge in [0.2, 0.25) is 0 Å². The van der Waals surface area contributed by atoms with E-state index in [4.69, 9.17) is 23.2 Å². The molecule has 0 spiro atoms. The van der Waals surface area contributed by atoms with Crippen LogP contribution in [-0.2, 0) is 0 Å². The zero-order valence-electron chi connectivity index (χ0n) is 11.2. The van der Waals surface area contributed by atoms with Gasteiger partial charge in [-0.25, -0.2) is 4.98 Å². The summed E-state index contributed by atoms with van der Waals surface area (Å²) in [6, 6.07) is 10.1. The van der Waals surface area contributed by atoms with Crippen molar-refractivity contribution in [2.24, 2.45) is 0 Å². The molecule has 0 saturated heterocycles. The highest BCUT2D eigenvalue weighted by Gasteiger charge is 2.20. The van der Waals surface area contributed by atoms with Gasteiger partial charge in [-0.2, -0.15) is 0 Å². The van der Waals surface area contributed by atoms with Crippen molar-refractivity contribution in [1.29, 1.82) is 0 Å². The van der Waals surface area contributed by atoms with Gasteiger partial charge < -0.3 is 4.57 Å². The molecule has 2 atom stereocenters. The second-order valence-electron chi connectivity index (χ2n) is 4.78. The van der Waals surface area contributed by atoms with E-state index in [9.17, 15) is 0 Å². The van der Waals surface area contributed by atoms with E-state index in [1.165, 1.54) is 4.88 Å². The first-order valence-corrected chi connectivity index (χ1v) is 8.12. The van der Waals surface area contributed by atoms with Gasteiger partial charge in [0.25, 0.3) is 0 Å². The van der Waals surface area contributed by atoms with Crippen LogP contribution in [-0.4, -0.2) is 9.55 Å². The van der Waals surface area contributed by atoms with E-state index in [0.717, 1.165) is 16.9 Å². The SMILES string of the molecule is CC(Cl)c1nc2ccc(Cl)cc2n1C(C)c1cccs1. The van der Waals surface area contributed by atoms with Crippen molar-refractivity contribution in [1.82, 2.24) is 9.55 Å². The zero-order chi connectivity index (χ0) is 14.3. The first-order chi connectivity index (χ1) is 9.58. The van der Waals surface area contributed by atoms with Gasteiger partial charge in [-0.1, -0.05) is 17.7 Å². The predicted molar refractivity (Wildman–Crippen MR) is 87.1 cm³/mol. The van der Waals surface area contributed by atoms with Gasteiger partial charge in [0.1, 0.15) is 5.82 Å². The van der Waals surface area contributed by atoms with Gasteiger partial charge in [0.05, 0.1) is 22.5 Å². The van der Waals surface area contributed by atoms with Crippen molar-refractivity contribution in [3.63, 3.8) is 0 Å². The fourth-order valence-electron chi connectivity index (χ4n) is 2.43. The van der Waals surface area contributed by atoms with Crippen LogP contribution >= 0.6 is 34.5 Å². The summed E-state index contributed by atoms with van der Waals surface area (Å²) >= 11 is 14.2. The van der Waals surface area contributed by atoms with Crippen molar-refractivity contribution in [3.8, 4) is 0 Å². The molecule has 2 aromatic heterocycles. The Bertz CT molecular complexity index is 732. The second-order valence-corrected chi connectivity index (χ2v) is 6.85. The van der Waals surface area contributed by atoms with Crippen molar-refractivity contribution >= 4 is 45.6 Å².